The molecule has 96 valence electrons. The molecule has 5 heteroatoms. The second kappa shape index (κ2) is 4.68. The van der Waals surface area contributed by atoms with Crippen molar-refractivity contribution >= 4 is 5.71 Å². The summed E-state index contributed by atoms with van der Waals surface area (Å²) in [6, 6.07) is 11.7. The average molecular weight is 254 g/mol. The Labute approximate surface area is 110 Å². The van der Waals surface area contributed by atoms with Crippen molar-refractivity contribution in [3.8, 4) is 0 Å². The van der Waals surface area contributed by atoms with Crippen LogP contribution in [0.1, 0.15) is 29.2 Å². The van der Waals surface area contributed by atoms with E-state index in [1.807, 2.05) is 18.2 Å². The molecule has 0 spiro atoms. The molecule has 1 atom stereocenters. The van der Waals surface area contributed by atoms with Gasteiger partial charge in [0.15, 0.2) is 0 Å². The SMILES string of the molecule is NN=C1CC(c2ccccc2)Cc2n[nH]c(=O)cc21. The third-order valence-corrected chi connectivity index (χ3v) is 3.50. The Hall–Kier alpha value is -2.43. The molecule has 1 aromatic heterocycles. The lowest BCUT2D eigenvalue weighted by atomic mass is 9.81. The van der Waals surface area contributed by atoms with Crippen LogP contribution in [0.4, 0.5) is 0 Å². The van der Waals surface area contributed by atoms with E-state index >= 15 is 0 Å². The van der Waals surface area contributed by atoms with Crippen molar-refractivity contribution in [1.29, 1.82) is 0 Å². The lowest BCUT2D eigenvalue weighted by Crippen LogP contribution is -2.25. The fraction of sp³-hybridized carbons (Fsp3) is 0.214. The molecule has 1 aliphatic rings. The van der Waals surface area contributed by atoms with Gasteiger partial charge in [-0.05, 0) is 24.3 Å². The predicted octanol–water partition coefficient (Wildman–Crippen LogP) is 1.16. The number of fused-ring (bicyclic) bond motifs is 1. The molecule has 2 aromatic rings. The fourth-order valence-electron chi connectivity index (χ4n) is 2.57. The molecular formula is C14H14N4O. The van der Waals surface area contributed by atoms with Crippen LogP contribution in [0.3, 0.4) is 0 Å². The lowest BCUT2D eigenvalue weighted by Gasteiger charge is -2.24. The fourth-order valence-corrected chi connectivity index (χ4v) is 2.57. The Kier molecular flexibility index (Phi) is 2.87. The van der Waals surface area contributed by atoms with Gasteiger partial charge in [-0.2, -0.15) is 10.2 Å². The Morgan fingerprint density at radius 1 is 1.26 bits per heavy atom. The molecule has 0 aliphatic heterocycles. The highest BCUT2D eigenvalue weighted by molar-refractivity contribution is 6.02. The summed E-state index contributed by atoms with van der Waals surface area (Å²) in [5, 5.41) is 10.4. The van der Waals surface area contributed by atoms with Crippen molar-refractivity contribution in [3.05, 3.63) is 63.6 Å². The quantitative estimate of drug-likeness (QED) is 0.591. The van der Waals surface area contributed by atoms with E-state index in [-0.39, 0.29) is 5.56 Å². The maximum Gasteiger partial charge on any atom is 0.264 e. The molecule has 0 saturated carbocycles. The van der Waals surface area contributed by atoms with Crippen molar-refractivity contribution in [1.82, 2.24) is 10.2 Å². The van der Waals surface area contributed by atoms with Gasteiger partial charge in [0.2, 0.25) is 0 Å². The molecule has 3 N–H and O–H groups in total. The topological polar surface area (TPSA) is 84.1 Å². The van der Waals surface area contributed by atoms with E-state index in [4.69, 9.17) is 5.84 Å². The minimum atomic E-state index is -0.224. The molecule has 0 fully saturated rings. The molecule has 19 heavy (non-hydrogen) atoms. The minimum Gasteiger partial charge on any atom is -0.323 e. The minimum absolute atomic E-state index is 0.224. The summed E-state index contributed by atoms with van der Waals surface area (Å²) in [6.07, 6.45) is 1.52. The van der Waals surface area contributed by atoms with E-state index in [2.05, 4.69) is 27.4 Å². The third kappa shape index (κ3) is 2.14. The summed E-state index contributed by atoms with van der Waals surface area (Å²) in [5.41, 5.74) is 3.39. The summed E-state index contributed by atoms with van der Waals surface area (Å²) < 4.78 is 0. The van der Waals surface area contributed by atoms with Gasteiger partial charge in [0, 0.05) is 11.6 Å². The summed E-state index contributed by atoms with van der Waals surface area (Å²) in [7, 11) is 0. The van der Waals surface area contributed by atoms with Gasteiger partial charge in [-0.25, -0.2) is 5.10 Å². The van der Waals surface area contributed by atoms with E-state index in [1.165, 1.54) is 11.6 Å². The van der Waals surface area contributed by atoms with Crippen LogP contribution in [-0.4, -0.2) is 15.9 Å². The summed E-state index contributed by atoms with van der Waals surface area (Å²) in [4.78, 5) is 11.3. The average Bonchev–Trinajstić information content (AvgIpc) is 2.47. The van der Waals surface area contributed by atoms with Gasteiger partial charge < -0.3 is 5.84 Å². The highest BCUT2D eigenvalue weighted by Gasteiger charge is 2.26. The molecule has 5 nitrogen and oxygen atoms in total. The Bertz CT molecular complexity index is 675. The van der Waals surface area contributed by atoms with Gasteiger partial charge in [0.25, 0.3) is 5.56 Å². The van der Waals surface area contributed by atoms with Gasteiger partial charge in [-0.3, -0.25) is 4.79 Å². The zero-order valence-corrected chi connectivity index (χ0v) is 10.3. The number of hydrazone groups is 1. The number of rotatable bonds is 1. The monoisotopic (exact) mass is 254 g/mol. The molecule has 1 aromatic carbocycles. The number of nitrogens with zero attached hydrogens (tertiary/aromatic N) is 2. The number of aromatic amines is 1. The predicted molar refractivity (Wildman–Crippen MR) is 73.1 cm³/mol. The molecule has 3 rings (SSSR count). The van der Waals surface area contributed by atoms with Crippen molar-refractivity contribution in [2.45, 2.75) is 18.8 Å². The second-order valence-corrected chi connectivity index (χ2v) is 4.68. The van der Waals surface area contributed by atoms with Crippen LogP contribution in [0.5, 0.6) is 0 Å². The maximum absolute atomic E-state index is 11.3. The van der Waals surface area contributed by atoms with E-state index in [0.717, 1.165) is 29.8 Å². The zero-order valence-electron chi connectivity index (χ0n) is 10.3. The standard InChI is InChI=1S/C14H14N4O/c15-16-12-6-10(9-4-2-1-3-5-9)7-13-11(12)8-14(19)18-17-13/h1-5,8,10H,6-7,15H2,(H,18,19). The largest absolute Gasteiger partial charge is 0.323 e. The van der Waals surface area contributed by atoms with E-state index in [1.54, 1.807) is 0 Å². The maximum atomic E-state index is 11.3. The highest BCUT2D eigenvalue weighted by Crippen LogP contribution is 2.30. The molecular weight excluding hydrogens is 240 g/mol. The van der Waals surface area contributed by atoms with Crippen LogP contribution in [0.25, 0.3) is 0 Å². The first-order chi connectivity index (χ1) is 9.28. The number of hydrogen-bond donors (Lipinski definition) is 2. The Morgan fingerprint density at radius 2 is 2.05 bits per heavy atom. The molecule has 0 bridgehead atoms. The molecule has 0 amide bonds. The molecule has 1 unspecified atom stereocenters. The van der Waals surface area contributed by atoms with Crippen LogP contribution >= 0.6 is 0 Å². The van der Waals surface area contributed by atoms with E-state index in [0.29, 0.717) is 5.92 Å². The Morgan fingerprint density at radius 3 is 2.79 bits per heavy atom. The molecule has 0 saturated heterocycles. The van der Waals surface area contributed by atoms with Crippen LogP contribution < -0.4 is 11.4 Å². The van der Waals surface area contributed by atoms with Crippen molar-refractivity contribution in [2.75, 3.05) is 0 Å². The third-order valence-electron chi connectivity index (χ3n) is 3.50. The van der Waals surface area contributed by atoms with Crippen molar-refractivity contribution < 1.29 is 0 Å². The number of benzene rings is 1. The number of hydrogen-bond acceptors (Lipinski definition) is 4. The van der Waals surface area contributed by atoms with E-state index < -0.39 is 0 Å². The van der Waals surface area contributed by atoms with Gasteiger partial charge >= 0.3 is 0 Å². The smallest absolute Gasteiger partial charge is 0.264 e. The van der Waals surface area contributed by atoms with Gasteiger partial charge in [0.05, 0.1) is 11.4 Å². The second-order valence-electron chi connectivity index (χ2n) is 4.68. The normalized spacial score (nSPS) is 20.2. The van der Waals surface area contributed by atoms with Crippen molar-refractivity contribution in [3.63, 3.8) is 0 Å². The van der Waals surface area contributed by atoms with Crippen LogP contribution in [0, 0.1) is 0 Å². The summed E-state index contributed by atoms with van der Waals surface area (Å²) in [6.45, 7) is 0. The van der Waals surface area contributed by atoms with Crippen molar-refractivity contribution in [2.24, 2.45) is 10.9 Å². The first kappa shape index (κ1) is 11.6. The lowest BCUT2D eigenvalue weighted by molar-refractivity contribution is 0.665. The van der Waals surface area contributed by atoms with Gasteiger partial charge in [-0.1, -0.05) is 30.3 Å². The number of nitrogens with two attached hydrogens (primary N) is 1. The van der Waals surface area contributed by atoms with E-state index in [9.17, 15) is 4.79 Å². The Balaban J connectivity index is 2.04. The first-order valence-corrected chi connectivity index (χ1v) is 6.18. The zero-order chi connectivity index (χ0) is 13.2. The summed E-state index contributed by atoms with van der Waals surface area (Å²) in [5.74, 6) is 5.76. The van der Waals surface area contributed by atoms with Crippen LogP contribution in [0.15, 0.2) is 46.3 Å². The van der Waals surface area contributed by atoms with Gasteiger partial charge in [0.1, 0.15) is 0 Å². The highest BCUT2D eigenvalue weighted by atomic mass is 16.1. The number of nitrogens with one attached hydrogen (secondary N) is 1. The van der Waals surface area contributed by atoms with Crippen LogP contribution in [-0.2, 0) is 6.42 Å². The van der Waals surface area contributed by atoms with Gasteiger partial charge in [-0.15, -0.1) is 0 Å². The molecule has 1 aliphatic carbocycles. The molecule has 0 radical (unpaired) electrons. The van der Waals surface area contributed by atoms with Crippen LogP contribution in [0.2, 0.25) is 0 Å². The first-order valence-electron chi connectivity index (χ1n) is 6.18. The summed E-state index contributed by atoms with van der Waals surface area (Å²) >= 11 is 0. The molecule has 1 heterocycles. The number of aromatic nitrogens is 2. The number of H-pyrrole nitrogens is 1.